The normalized spacial score (nSPS) is 6.38. The molecule has 0 heterocycles. The molecule has 0 saturated heterocycles. The smallest absolute Gasteiger partial charge is 0.0474 e. The van der Waals surface area contributed by atoms with Crippen LogP contribution in [0.2, 0.25) is 0 Å². The molecule has 0 aliphatic heterocycles. The molecule has 0 aliphatic carbocycles. The zero-order valence-electron chi connectivity index (χ0n) is 10.6. The van der Waals surface area contributed by atoms with Gasteiger partial charge in [0.2, 0.25) is 0 Å². The molecule has 0 aromatic rings. The standard InChI is InChI=1S/C5H12.C4H10.C3H8.4CH4/c1-4-5(2)3;1-4(2)3;1-3-2;;;;/h5H,4H2,1-3H3;4H,1-3H3;3H2,1-2H3;4*1H4. The summed E-state index contributed by atoms with van der Waals surface area (Å²) in [6.07, 6.45) is 2.56. The van der Waals surface area contributed by atoms with Crippen molar-refractivity contribution in [2.24, 2.45) is 11.8 Å². The Morgan fingerprint density at radius 1 is 0.625 bits per heavy atom. The van der Waals surface area contributed by atoms with Crippen LogP contribution in [0.1, 0.15) is 97.9 Å². The van der Waals surface area contributed by atoms with Gasteiger partial charge in [-0.05, 0) is 11.8 Å². The molecule has 0 aliphatic rings. The van der Waals surface area contributed by atoms with Crippen molar-refractivity contribution in [3.8, 4) is 0 Å². The Kier molecular flexibility index (Phi) is 128. The highest BCUT2D eigenvalue weighted by atomic mass is 13.9. The molecule has 0 fully saturated rings. The molecule has 0 bridgehead atoms. The summed E-state index contributed by atoms with van der Waals surface area (Å²) >= 11 is 0. The van der Waals surface area contributed by atoms with Crippen LogP contribution in [0.25, 0.3) is 0 Å². The number of hydrogen-bond donors (Lipinski definition) is 0. The topological polar surface area (TPSA) is 0 Å². The second-order valence-electron chi connectivity index (χ2n) is 4.24. The van der Waals surface area contributed by atoms with Crippen LogP contribution in [0.4, 0.5) is 0 Å². The third-order valence-corrected chi connectivity index (χ3v) is 0.816. The van der Waals surface area contributed by atoms with Crippen molar-refractivity contribution in [3.63, 3.8) is 0 Å². The fourth-order valence-corrected chi connectivity index (χ4v) is 0. The van der Waals surface area contributed by atoms with Crippen LogP contribution in [-0.2, 0) is 0 Å². The largest absolute Gasteiger partial charge is 0.0776 e. The van der Waals surface area contributed by atoms with E-state index in [1.54, 1.807) is 0 Å². The van der Waals surface area contributed by atoms with E-state index in [1.165, 1.54) is 12.8 Å². The highest BCUT2D eigenvalue weighted by Crippen LogP contribution is 1.93. The molecular weight excluding hydrogens is 192 g/mol. The van der Waals surface area contributed by atoms with Crippen LogP contribution in [0.5, 0.6) is 0 Å². The predicted octanol–water partition coefficient (Wildman–Crippen LogP) is 7.68. The molecule has 0 saturated carbocycles. The van der Waals surface area contributed by atoms with Gasteiger partial charge in [-0.15, -0.1) is 0 Å². The van der Waals surface area contributed by atoms with E-state index in [0.29, 0.717) is 0 Å². The maximum Gasteiger partial charge on any atom is -0.0474 e. The van der Waals surface area contributed by atoms with E-state index in [-0.39, 0.29) is 29.7 Å². The van der Waals surface area contributed by atoms with Crippen LogP contribution in [0.3, 0.4) is 0 Å². The van der Waals surface area contributed by atoms with Gasteiger partial charge in [0, 0.05) is 0 Å². The molecule has 0 radical (unpaired) electrons. The molecule has 0 rings (SSSR count). The van der Waals surface area contributed by atoms with Gasteiger partial charge < -0.3 is 0 Å². The van der Waals surface area contributed by atoms with Gasteiger partial charge in [-0.2, -0.15) is 0 Å². The summed E-state index contributed by atoms with van der Waals surface area (Å²) in [4.78, 5) is 0. The van der Waals surface area contributed by atoms with Gasteiger partial charge in [0.25, 0.3) is 0 Å². The molecule has 0 spiro atoms. The van der Waals surface area contributed by atoms with Crippen LogP contribution < -0.4 is 0 Å². The van der Waals surface area contributed by atoms with Gasteiger partial charge in [-0.25, -0.2) is 0 Å². The summed E-state index contributed by atoms with van der Waals surface area (Å²) in [5.41, 5.74) is 0. The summed E-state index contributed by atoms with van der Waals surface area (Å²) in [6.45, 7) is 17.4. The lowest BCUT2D eigenvalue weighted by Gasteiger charge is -1.90. The molecule has 0 N–H and O–H groups in total. The first-order chi connectivity index (χ1) is 5.42. The molecule has 110 valence electrons. The lowest BCUT2D eigenvalue weighted by Crippen LogP contribution is -1.77. The second kappa shape index (κ2) is 45.9. The monoisotopic (exact) mass is 238 g/mol. The Hall–Kier alpha value is 0. The molecular formula is C16H46. The second-order valence-corrected chi connectivity index (χ2v) is 4.24. The van der Waals surface area contributed by atoms with Crippen LogP contribution in [-0.4, -0.2) is 0 Å². The van der Waals surface area contributed by atoms with Gasteiger partial charge >= 0.3 is 0 Å². The highest BCUT2D eigenvalue weighted by molar-refractivity contribution is 4.32. The minimum absolute atomic E-state index is 0. The zero-order chi connectivity index (χ0) is 10.6. The number of rotatable bonds is 1. The quantitative estimate of drug-likeness (QED) is 0.439. The van der Waals surface area contributed by atoms with E-state index in [9.17, 15) is 0 Å². The first-order valence-electron chi connectivity index (χ1n) is 5.42. The molecule has 0 nitrogen and oxygen atoms in total. The molecule has 0 aromatic heterocycles. The third kappa shape index (κ3) is 592. The van der Waals surface area contributed by atoms with Crippen molar-refractivity contribution in [2.75, 3.05) is 0 Å². The molecule has 0 amide bonds. The number of hydrogen-bond acceptors (Lipinski definition) is 0. The van der Waals surface area contributed by atoms with Crippen molar-refractivity contribution in [1.82, 2.24) is 0 Å². The summed E-state index contributed by atoms with van der Waals surface area (Å²) in [5.74, 6) is 1.72. The molecule has 16 heavy (non-hydrogen) atoms. The fourth-order valence-electron chi connectivity index (χ4n) is 0. The van der Waals surface area contributed by atoms with Crippen molar-refractivity contribution in [2.45, 2.75) is 97.9 Å². The molecule has 0 aromatic carbocycles. The highest BCUT2D eigenvalue weighted by Gasteiger charge is 1.80. The Balaban J connectivity index is -0.0000000138. The Morgan fingerprint density at radius 3 is 0.688 bits per heavy atom. The van der Waals surface area contributed by atoms with Gasteiger partial charge in [-0.1, -0.05) is 97.9 Å². The Morgan fingerprint density at radius 2 is 0.688 bits per heavy atom. The van der Waals surface area contributed by atoms with Gasteiger partial charge in [-0.3, -0.25) is 0 Å². The van der Waals surface area contributed by atoms with E-state index in [4.69, 9.17) is 0 Å². The van der Waals surface area contributed by atoms with E-state index < -0.39 is 0 Å². The maximum atomic E-state index is 2.22. The van der Waals surface area contributed by atoms with Crippen molar-refractivity contribution in [1.29, 1.82) is 0 Å². The summed E-state index contributed by atoms with van der Waals surface area (Å²) < 4.78 is 0. The summed E-state index contributed by atoms with van der Waals surface area (Å²) in [6, 6.07) is 0. The SMILES string of the molecule is C.C.C.C.CC(C)C.CCC.CCC(C)C. The first kappa shape index (κ1) is 44.4. The molecule has 0 unspecified atom stereocenters. The van der Waals surface area contributed by atoms with E-state index in [0.717, 1.165) is 11.8 Å². The van der Waals surface area contributed by atoms with Crippen molar-refractivity contribution in [3.05, 3.63) is 0 Å². The van der Waals surface area contributed by atoms with Crippen molar-refractivity contribution >= 4 is 0 Å². The van der Waals surface area contributed by atoms with Crippen molar-refractivity contribution < 1.29 is 0 Å². The average Bonchev–Trinajstić information content (AvgIpc) is 1.88. The molecule has 0 atom stereocenters. The van der Waals surface area contributed by atoms with E-state index in [2.05, 4.69) is 55.4 Å². The van der Waals surface area contributed by atoms with Gasteiger partial charge in [0.1, 0.15) is 0 Å². The maximum absolute atomic E-state index is 2.22. The van der Waals surface area contributed by atoms with Gasteiger partial charge in [0.05, 0.1) is 0 Å². The van der Waals surface area contributed by atoms with Crippen LogP contribution in [0, 0.1) is 11.8 Å². The minimum atomic E-state index is 0. The lowest BCUT2D eigenvalue weighted by atomic mass is 10.2. The lowest BCUT2D eigenvalue weighted by molar-refractivity contribution is 0.626. The van der Waals surface area contributed by atoms with Gasteiger partial charge in [0.15, 0.2) is 0 Å². The fraction of sp³-hybridized carbons (Fsp3) is 1.00. The predicted molar refractivity (Wildman–Crippen MR) is 88.5 cm³/mol. The summed E-state index contributed by atoms with van der Waals surface area (Å²) in [5, 5.41) is 0. The zero-order valence-corrected chi connectivity index (χ0v) is 10.6. The third-order valence-electron chi connectivity index (χ3n) is 0.816. The minimum Gasteiger partial charge on any atom is -0.0776 e. The Labute approximate surface area is 110 Å². The average molecular weight is 239 g/mol. The summed E-state index contributed by atoms with van der Waals surface area (Å²) in [7, 11) is 0. The van der Waals surface area contributed by atoms with Crippen LogP contribution >= 0.6 is 0 Å². The van der Waals surface area contributed by atoms with E-state index >= 15 is 0 Å². The molecule has 0 heteroatoms. The Bertz CT molecular complexity index is 41.2. The first-order valence-corrected chi connectivity index (χ1v) is 5.42. The van der Waals surface area contributed by atoms with Crippen LogP contribution in [0.15, 0.2) is 0 Å². The van der Waals surface area contributed by atoms with E-state index in [1.807, 2.05) is 0 Å².